The fraction of sp³-hybridized carbons (Fsp3) is 0.857. The number of allylic oxidation sites excluding steroid dienone is 1. The molecule has 0 aromatic rings. The maximum atomic E-state index is 5.67. The molecule has 1 fully saturated rings. The van der Waals surface area contributed by atoms with Crippen LogP contribution in [0.1, 0.15) is 34.1 Å². The second-order valence-electron chi connectivity index (χ2n) is 5.98. The number of hydrogen-bond donors (Lipinski definition) is 0. The van der Waals surface area contributed by atoms with Gasteiger partial charge < -0.3 is 9.47 Å². The Balaban J connectivity index is 1.98. The van der Waals surface area contributed by atoms with Crippen LogP contribution in [0, 0.1) is 23.2 Å². The predicted molar refractivity (Wildman–Crippen MR) is 65.0 cm³/mol. The van der Waals surface area contributed by atoms with E-state index in [0.717, 1.165) is 11.8 Å². The van der Waals surface area contributed by atoms with Crippen LogP contribution in [0.25, 0.3) is 0 Å². The highest BCUT2D eigenvalue weighted by Crippen LogP contribution is 2.64. The fourth-order valence-electron chi connectivity index (χ4n) is 3.29. The zero-order valence-corrected chi connectivity index (χ0v) is 11.1. The molecule has 2 heteroatoms. The molecule has 2 aliphatic rings. The Morgan fingerprint density at radius 2 is 2.19 bits per heavy atom. The van der Waals surface area contributed by atoms with Crippen molar-refractivity contribution < 1.29 is 9.47 Å². The summed E-state index contributed by atoms with van der Waals surface area (Å²) in [6.07, 6.45) is 4.03. The molecule has 0 aromatic carbocycles. The van der Waals surface area contributed by atoms with Crippen molar-refractivity contribution >= 4 is 0 Å². The minimum absolute atomic E-state index is 0.272. The van der Waals surface area contributed by atoms with Gasteiger partial charge in [0, 0.05) is 13.0 Å². The van der Waals surface area contributed by atoms with E-state index in [1.165, 1.54) is 12.0 Å². The number of rotatable bonds is 4. The van der Waals surface area contributed by atoms with Gasteiger partial charge in [-0.25, -0.2) is 0 Å². The van der Waals surface area contributed by atoms with E-state index in [1.807, 2.05) is 0 Å². The van der Waals surface area contributed by atoms with Gasteiger partial charge in [-0.05, 0) is 37.5 Å². The molecule has 0 aliphatic heterocycles. The average Bonchev–Trinajstić information content (AvgIpc) is 2.76. The second kappa shape index (κ2) is 4.15. The van der Waals surface area contributed by atoms with Crippen LogP contribution in [-0.4, -0.2) is 20.0 Å². The van der Waals surface area contributed by atoms with E-state index >= 15 is 0 Å². The van der Waals surface area contributed by atoms with Crippen molar-refractivity contribution in [2.45, 2.75) is 40.2 Å². The molecule has 0 N–H and O–H groups in total. The SMILES string of the molecule is COCO[C@H](C)[C@@H]1C[C@@H]2[C@@H](C=C1C)C2(C)C. The van der Waals surface area contributed by atoms with Crippen LogP contribution >= 0.6 is 0 Å². The van der Waals surface area contributed by atoms with Gasteiger partial charge in [-0.3, -0.25) is 0 Å². The van der Waals surface area contributed by atoms with Crippen molar-refractivity contribution in [1.82, 2.24) is 0 Å². The topological polar surface area (TPSA) is 18.5 Å². The molecule has 0 amide bonds. The van der Waals surface area contributed by atoms with Crippen LogP contribution in [0.15, 0.2) is 11.6 Å². The third-order valence-electron chi connectivity index (χ3n) is 4.69. The first-order valence-electron chi connectivity index (χ1n) is 6.27. The summed E-state index contributed by atoms with van der Waals surface area (Å²) in [7, 11) is 1.68. The molecule has 0 bridgehead atoms. The van der Waals surface area contributed by atoms with Gasteiger partial charge in [0.1, 0.15) is 6.79 Å². The van der Waals surface area contributed by atoms with Gasteiger partial charge >= 0.3 is 0 Å². The Morgan fingerprint density at radius 1 is 1.50 bits per heavy atom. The number of fused-ring (bicyclic) bond motifs is 1. The summed E-state index contributed by atoms with van der Waals surface area (Å²) < 4.78 is 10.6. The summed E-state index contributed by atoms with van der Waals surface area (Å²) in [5.41, 5.74) is 2.03. The van der Waals surface area contributed by atoms with Crippen molar-refractivity contribution in [3.05, 3.63) is 11.6 Å². The maximum Gasteiger partial charge on any atom is 0.146 e. The van der Waals surface area contributed by atoms with Crippen molar-refractivity contribution in [2.24, 2.45) is 23.2 Å². The molecular formula is C14H24O2. The Kier molecular flexibility index (Phi) is 3.15. The van der Waals surface area contributed by atoms with Gasteiger partial charge in [0.05, 0.1) is 6.10 Å². The van der Waals surface area contributed by atoms with Gasteiger partial charge in [-0.2, -0.15) is 0 Å². The summed E-state index contributed by atoms with van der Waals surface area (Å²) >= 11 is 0. The third kappa shape index (κ3) is 1.93. The van der Waals surface area contributed by atoms with E-state index < -0.39 is 0 Å². The molecule has 0 saturated heterocycles. The van der Waals surface area contributed by atoms with Crippen LogP contribution in [0.2, 0.25) is 0 Å². The van der Waals surface area contributed by atoms with E-state index in [2.05, 4.69) is 33.8 Å². The zero-order valence-electron chi connectivity index (χ0n) is 11.1. The van der Waals surface area contributed by atoms with Crippen LogP contribution in [-0.2, 0) is 9.47 Å². The van der Waals surface area contributed by atoms with Crippen LogP contribution in [0.5, 0.6) is 0 Å². The lowest BCUT2D eigenvalue weighted by molar-refractivity contribution is -0.0813. The highest BCUT2D eigenvalue weighted by atomic mass is 16.7. The lowest BCUT2D eigenvalue weighted by atomic mass is 9.85. The smallest absolute Gasteiger partial charge is 0.146 e. The molecule has 0 spiro atoms. The Morgan fingerprint density at radius 3 is 2.81 bits per heavy atom. The first kappa shape index (κ1) is 12.1. The normalized spacial score (nSPS) is 37.6. The lowest BCUT2D eigenvalue weighted by Crippen LogP contribution is -2.25. The molecule has 0 heterocycles. The monoisotopic (exact) mass is 224 g/mol. The minimum atomic E-state index is 0.272. The first-order valence-corrected chi connectivity index (χ1v) is 6.27. The molecule has 1 saturated carbocycles. The maximum absolute atomic E-state index is 5.67. The van der Waals surface area contributed by atoms with E-state index in [0.29, 0.717) is 18.1 Å². The zero-order chi connectivity index (χ0) is 11.9. The molecule has 4 atom stereocenters. The van der Waals surface area contributed by atoms with Gasteiger partial charge in [0.15, 0.2) is 0 Å². The number of hydrogen-bond acceptors (Lipinski definition) is 2. The molecule has 0 radical (unpaired) electrons. The highest BCUT2D eigenvalue weighted by Gasteiger charge is 2.58. The largest absolute Gasteiger partial charge is 0.359 e. The van der Waals surface area contributed by atoms with Gasteiger partial charge in [-0.1, -0.05) is 25.5 Å². The molecule has 0 unspecified atom stereocenters. The molecule has 2 rings (SSSR count). The van der Waals surface area contributed by atoms with Gasteiger partial charge in [0.25, 0.3) is 0 Å². The van der Waals surface area contributed by atoms with E-state index in [-0.39, 0.29) is 6.10 Å². The Bertz CT molecular complexity index is 293. The quantitative estimate of drug-likeness (QED) is 0.539. The first-order chi connectivity index (χ1) is 7.48. The van der Waals surface area contributed by atoms with Crippen molar-refractivity contribution in [2.75, 3.05) is 13.9 Å². The molecule has 0 aromatic heterocycles. The van der Waals surface area contributed by atoms with E-state index in [9.17, 15) is 0 Å². The lowest BCUT2D eigenvalue weighted by Gasteiger charge is -2.27. The standard InChI is InChI=1S/C14H24O2/c1-9-6-12-13(14(12,3)4)7-11(9)10(2)16-8-15-5/h6,10-13H,7-8H2,1-5H3/t10-,11-,12-,13-/m1/s1. The molecular weight excluding hydrogens is 200 g/mol. The van der Waals surface area contributed by atoms with Crippen LogP contribution < -0.4 is 0 Å². The summed E-state index contributed by atoms with van der Waals surface area (Å²) in [5.74, 6) is 2.27. The average molecular weight is 224 g/mol. The summed E-state index contributed by atoms with van der Waals surface area (Å²) in [4.78, 5) is 0. The molecule has 2 aliphatic carbocycles. The summed E-state index contributed by atoms with van der Waals surface area (Å²) in [6, 6.07) is 0. The Labute approximate surface area is 99.0 Å². The molecule has 2 nitrogen and oxygen atoms in total. The minimum Gasteiger partial charge on any atom is -0.359 e. The Hall–Kier alpha value is -0.340. The van der Waals surface area contributed by atoms with Crippen molar-refractivity contribution in [1.29, 1.82) is 0 Å². The molecule has 16 heavy (non-hydrogen) atoms. The fourth-order valence-corrected chi connectivity index (χ4v) is 3.29. The highest BCUT2D eigenvalue weighted by molar-refractivity contribution is 5.25. The van der Waals surface area contributed by atoms with Gasteiger partial charge in [0.2, 0.25) is 0 Å². The van der Waals surface area contributed by atoms with E-state index in [1.54, 1.807) is 7.11 Å². The third-order valence-corrected chi connectivity index (χ3v) is 4.69. The number of methoxy groups -OCH3 is 1. The molecule has 92 valence electrons. The van der Waals surface area contributed by atoms with Crippen LogP contribution in [0.4, 0.5) is 0 Å². The predicted octanol–water partition coefficient (Wildman–Crippen LogP) is 3.23. The van der Waals surface area contributed by atoms with E-state index in [4.69, 9.17) is 9.47 Å². The van der Waals surface area contributed by atoms with Crippen molar-refractivity contribution in [3.8, 4) is 0 Å². The summed E-state index contributed by atoms with van der Waals surface area (Å²) in [5, 5.41) is 0. The van der Waals surface area contributed by atoms with Gasteiger partial charge in [-0.15, -0.1) is 0 Å². The van der Waals surface area contributed by atoms with Crippen LogP contribution in [0.3, 0.4) is 0 Å². The second-order valence-corrected chi connectivity index (χ2v) is 5.98. The summed E-state index contributed by atoms with van der Waals surface area (Å²) in [6.45, 7) is 9.59. The number of ether oxygens (including phenoxy) is 2. The van der Waals surface area contributed by atoms with Crippen molar-refractivity contribution in [3.63, 3.8) is 0 Å².